The van der Waals surface area contributed by atoms with Crippen LogP contribution in [0.1, 0.15) is 6.42 Å². The Morgan fingerprint density at radius 1 is 1.45 bits per heavy atom. The average Bonchev–Trinajstić information content (AvgIpc) is 2.42. The Kier molecular flexibility index (Phi) is 15.4. The Morgan fingerprint density at radius 2 is 2.20 bits per heavy atom. The van der Waals surface area contributed by atoms with E-state index in [4.69, 9.17) is 9.47 Å². The molecule has 0 saturated carbocycles. The molecule has 1 saturated heterocycles. The van der Waals surface area contributed by atoms with Gasteiger partial charge in [-0.1, -0.05) is 0 Å². The third-order valence-corrected chi connectivity index (χ3v) is 2.93. The highest BCUT2D eigenvalue weighted by Gasteiger charge is 2.20. The van der Waals surface area contributed by atoms with Gasteiger partial charge in [-0.05, 0) is 20.0 Å². The van der Waals surface area contributed by atoms with Crippen LogP contribution in [0.2, 0.25) is 0 Å². The smallest absolute Gasteiger partial charge is 0.239 e. The zero-order chi connectivity index (χ0) is 13.2. The normalized spacial score (nSPS) is 18.1. The van der Waals surface area contributed by atoms with Gasteiger partial charge in [0.15, 0.2) is 0 Å². The van der Waals surface area contributed by atoms with Gasteiger partial charge < -0.3 is 25.0 Å². The van der Waals surface area contributed by atoms with E-state index in [0.717, 1.165) is 32.7 Å². The van der Waals surface area contributed by atoms with Crippen molar-refractivity contribution in [3.63, 3.8) is 0 Å². The van der Waals surface area contributed by atoms with Crippen molar-refractivity contribution in [3.8, 4) is 0 Å². The van der Waals surface area contributed by atoms with Crippen LogP contribution in [0, 0.1) is 0 Å². The third kappa shape index (κ3) is 9.74. The molecule has 0 aliphatic carbocycles. The van der Waals surface area contributed by atoms with Gasteiger partial charge in [-0.2, -0.15) is 0 Å². The van der Waals surface area contributed by atoms with E-state index in [9.17, 15) is 4.79 Å². The van der Waals surface area contributed by atoms with Crippen molar-refractivity contribution in [2.75, 3.05) is 60.2 Å². The molecule has 0 bridgehead atoms. The van der Waals surface area contributed by atoms with Crippen LogP contribution in [0.15, 0.2) is 0 Å². The fraction of sp³-hybridized carbons (Fsp3) is 0.917. The van der Waals surface area contributed by atoms with Crippen LogP contribution in [0.5, 0.6) is 0 Å². The number of rotatable bonds is 8. The first kappa shape index (κ1) is 22.2. The van der Waals surface area contributed by atoms with Gasteiger partial charge in [0.2, 0.25) is 5.91 Å². The molecular formula is C12H27Cl2N3O3. The summed E-state index contributed by atoms with van der Waals surface area (Å²) in [7, 11) is 3.75. The van der Waals surface area contributed by atoms with Crippen molar-refractivity contribution in [2.45, 2.75) is 12.5 Å². The molecule has 1 aliphatic heterocycles. The molecule has 0 aromatic rings. The molecule has 1 atom stereocenters. The summed E-state index contributed by atoms with van der Waals surface area (Å²) in [6.07, 6.45) is 0.944. The fourth-order valence-corrected chi connectivity index (χ4v) is 1.78. The van der Waals surface area contributed by atoms with Crippen molar-refractivity contribution in [3.05, 3.63) is 0 Å². The summed E-state index contributed by atoms with van der Waals surface area (Å²) >= 11 is 0. The number of methoxy groups -OCH3 is 1. The molecule has 122 valence electrons. The number of ether oxygens (including phenoxy) is 2. The maximum absolute atomic E-state index is 11.7. The second-order valence-electron chi connectivity index (χ2n) is 4.52. The lowest BCUT2D eigenvalue weighted by atomic mass is 10.2. The maximum Gasteiger partial charge on any atom is 0.239 e. The van der Waals surface area contributed by atoms with Gasteiger partial charge in [-0.3, -0.25) is 4.79 Å². The van der Waals surface area contributed by atoms with Crippen LogP contribution < -0.4 is 10.6 Å². The first-order valence-corrected chi connectivity index (χ1v) is 6.50. The van der Waals surface area contributed by atoms with E-state index in [1.54, 1.807) is 7.11 Å². The van der Waals surface area contributed by atoms with Crippen LogP contribution in [-0.2, 0) is 14.3 Å². The van der Waals surface area contributed by atoms with Gasteiger partial charge in [0.05, 0.1) is 19.8 Å². The Bertz CT molecular complexity index is 242. The number of hydrogen-bond acceptors (Lipinski definition) is 5. The molecule has 1 heterocycles. The topological polar surface area (TPSA) is 62.8 Å². The number of carbonyl (C=O) groups is 1. The van der Waals surface area contributed by atoms with Crippen LogP contribution in [0.3, 0.4) is 0 Å². The highest BCUT2D eigenvalue weighted by molar-refractivity contribution is 5.85. The molecule has 1 unspecified atom stereocenters. The van der Waals surface area contributed by atoms with E-state index in [-0.39, 0.29) is 36.8 Å². The van der Waals surface area contributed by atoms with Crippen molar-refractivity contribution >= 4 is 30.7 Å². The summed E-state index contributed by atoms with van der Waals surface area (Å²) in [4.78, 5) is 13.9. The number of morpholine rings is 1. The number of likely N-dealkylation sites (N-methyl/N-ethyl adjacent to an activating group) is 1. The van der Waals surface area contributed by atoms with Crippen LogP contribution in [0.4, 0.5) is 0 Å². The Hall–Kier alpha value is -0.110. The third-order valence-electron chi connectivity index (χ3n) is 2.93. The maximum atomic E-state index is 11.7. The first-order chi connectivity index (χ1) is 8.74. The summed E-state index contributed by atoms with van der Waals surface area (Å²) in [5, 5.41) is 6.06. The number of halogens is 2. The lowest BCUT2D eigenvalue weighted by molar-refractivity contribution is -0.125. The second-order valence-corrected chi connectivity index (χ2v) is 4.52. The summed E-state index contributed by atoms with van der Waals surface area (Å²) in [6, 6.07) is -0.190. The van der Waals surface area contributed by atoms with Crippen molar-refractivity contribution in [2.24, 2.45) is 0 Å². The second kappa shape index (κ2) is 13.9. The summed E-state index contributed by atoms with van der Waals surface area (Å²) < 4.78 is 10.2. The van der Waals surface area contributed by atoms with Crippen LogP contribution >= 0.6 is 24.8 Å². The van der Waals surface area contributed by atoms with Gasteiger partial charge in [-0.15, -0.1) is 24.8 Å². The van der Waals surface area contributed by atoms with Crippen molar-refractivity contribution in [1.29, 1.82) is 0 Å². The van der Waals surface area contributed by atoms with E-state index < -0.39 is 0 Å². The summed E-state index contributed by atoms with van der Waals surface area (Å²) in [6.45, 7) is 5.23. The molecule has 0 spiro atoms. The van der Waals surface area contributed by atoms with E-state index in [2.05, 4.69) is 22.6 Å². The molecule has 1 rings (SSSR count). The lowest BCUT2D eigenvalue weighted by Crippen LogP contribution is -2.51. The molecule has 2 N–H and O–H groups in total. The summed E-state index contributed by atoms with van der Waals surface area (Å²) in [5.74, 6) is 0.0363. The number of amides is 1. The highest BCUT2D eigenvalue weighted by atomic mass is 35.5. The largest absolute Gasteiger partial charge is 0.383 e. The predicted molar refractivity (Wildman–Crippen MR) is 84.1 cm³/mol. The van der Waals surface area contributed by atoms with E-state index >= 15 is 0 Å². The number of nitrogens with zero attached hydrogens (tertiary/aromatic N) is 1. The van der Waals surface area contributed by atoms with Gasteiger partial charge in [-0.25, -0.2) is 0 Å². The minimum Gasteiger partial charge on any atom is -0.383 e. The number of carbonyl (C=O) groups excluding carboxylic acids is 1. The van der Waals surface area contributed by atoms with Gasteiger partial charge in [0, 0.05) is 26.7 Å². The molecule has 1 amide bonds. The molecule has 0 aromatic heterocycles. The molecule has 20 heavy (non-hydrogen) atoms. The quantitative estimate of drug-likeness (QED) is 0.608. The number of hydrogen-bond donors (Lipinski definition) is 2. The van der Waals surface area contributed by atoms with Crippen molar-refractivity contribution < 1.29 is 14.3 Å². The molecule has 0 aromatic carbocycles. The molecule has 1 fully saturated rings. The highest BCUT2D eigenvalue weighted by Crippen LogP contribution is 1.93. The van der Waals surface area contributed by atoms with Gasteiger partial charge >= 0.3 is 0 Å². The minimum atomic E-state index is -0.190. The number of nitrogens with one attached hydrogen (secondary N) is 2. The molecular weight excluding hydrogens is 305 g/mol. The standard InChI is InChI=1S/C12H25N3O3.2ClH/c1-15(7-9-17-2)6-3-4-14-12(16)11-10-18-8-5-13-11;;/h11,13H,3-10H2,1-2H3,(H,14,16);2*1H. The van der Waals surface area contributed by atoms with Gasteiger partial charge in [0.25, 0.3) is 0 Å². The molecule has 8 heteroatoms. The van der Waals surface area contributed by atoms with E-state index in [1.807, 2.05) is 0 Å². The van der Waals surface area contributed by atoms with E-state index in [0.29, 0.717) is 19.8 Å². The minimum absolute atomic E-state index is 0. The predicted octanol–water partition coefficient (Wildman–Crippen LogP) is -0.0971. The SMILES string of the molecule is COCCN(C)CCCNC(=O)C1COCCN1.Cl.Cl. The summed E-state index contributed by atoms with van der Waals surface area (Å²) in [5.41, 5.74) is 0. The monoisotopic (exact) mass is 331 g/mol. The fourth-order valence-electron chi connectivity index (χ4n) is 1.78. The molecule has 6 nitrogen and oxygen atoms in total. The van der Waals surface area contributed by atoms with Crippen LogP contribution in [0.25, 0.3) is 0 Å². The Morgan fingerprint density at radius 3 is 2.80 bits per heavy atom. The zero-order valence-electron chi connectivity index (χ0n) is 12.2. The van der Waals surface area contributed by atoms with Gasteiger partial charge in [0.1, 0.15) is 6.04 Å². The van der Waals surface area contributed by atoms with E-state index in [1.165, 1.54) is 0 Å². The van der Waals surface area contributed by atoms with Crippen molar-refractivity contribution in [1.82, 2.24) is 15.5 Å². The molecule has 0 radical (unpaired) electrons. The average molecular weight is 332 g/mol. The lowest BCUT2D eigenvalue weighted by Gasteiger charge is -2.23. The Labute approximate surface area is 133 Å². The zero-order valence-corrected chi connectivity index (χ0v) is 13.9. The van der Waals surface area contributed by atoms with Crippen LogP contribution in [-0.4, -0.2) is 77.0 Å². The Balaban J connectivity index is 0. The first-order valence-electron chi connectivity index (χ1n) is 6.50. The molecule has 1 aliphatic rings.